The Kier molecular flexibility index (Phi) is 8.48. The van der Waals surface area contributed by atoms with Crippen LogP contribution in [0.1, 0.15) is 24.8 Å². The highest BCUT2D eigenvalue weighted by molar-refractivity contribution is 7.92. The maximum absolute atomic E-state index is 12.1. The van der Waals surface area contributed by atoms with Crippen LogP contribution in [-0.2, 0) is 14.8 Å². The highest BCUT2D eigenvalue weighted by atomic mass is 32.2. The first-order valence-corrected chi connectivity index (χ1v) is 12.8. The molecule has 6 N–H and O–H groups in total. The molecule has 0 radical (unpaired) electrons. The zero-order valence-corrected chi connectivity index (χ0v) is 19.9. The lowest BCUT2D eigenvalue weighted by molar-refractivity contribution is -0.116. The molecule has 3 rings (SSSR count). The molecule has 1 aromatic heterocycles. The van der Waals surface area contributed by atoms with Crippen LogP contribution in [0, 0.1) is 11.8 Å². The number of nitrogens with two attached hydrogens (primary N) is 1. The lowest BCUT2D eigenvalue weighted by atomic mass is 10.2. The first-order chi connectivity index (χ1) is 16.3. The third-order valence-electron chi connectivity index (χ3n) is 4.60. The smallest absolute Gasteiger partial charge is 0.233 e. The Morgan fingerprint density at radius 1 is 1.24 bits per heavy atom. The van der Waals surface area contributed by atoms with Crippen molar-refractivity contribution in [3.05, 3.63) is 53.9 Å². The van der Waals surface area contributed by atoms with E-state index >= 15 is 0 Å². The molecule has 0 fully saturated rings. The van der Waals surface area contributed by atoms with Gasteiger partial charge in [-0.3, -0.25) is 4.79 Å². The van der Waals surface area contributed by atoms with Gasteiger partial charge in [0.25, 0.3) is 0 Å². The molecule has 0 aliphatic heterocycles. The van der Waals surface area contributed by atoms with Gasteiger partial charge in [-0.05, 0) is 43.2 Å². The first kappa shape index (κ1) is 25.0. The summed E-state index contributed by atoms with van der Waals surface area (Å²) < 4.78 is 25.7. The number of nitrogens with zero attached hydrogens (tertiary/aromatic N) is 1. The summed E-state index contributed by atoms with van der Waals surface area (Å²) in [4.78, 5) is 16.2. The lowest BCUT2D eigenvalue weighted by Gasteiger charge is -2.08. The fraction of sp³-hybridized carbons (Fsp3) is 0.217. The quantitative estimate of drug-likeness (QED) is 0.213. The van der Waals surface area contributed by atoms with E-state index in [0.717, 1.165) is 15.8 Å². The molecule has 0 aliphatic carbocycles. The fourth-order valence-corrected chi connectivity index (χ4v) is 4.35. The molecule has 11 heteroatoms. The molecule has 1 amide bonds. The van der Waals surface area contributed by atoms with E-state index in [9.17, 15) is 18.3 Å². The van der Waals surface area contributed by atoms with Crippen molar-refractivity contribution in [2.75, 3.05) is 29.5 Å². The minimum absolute atomic E-state index is 0.0456. The number of unbranched alkanes of at least 4 members (excludes halogenated alkanes) is 1. The summed E-state index contributed by atoms with van der Waals surface area (Å²) in [6.07, 6.45) is 1.37. The molecule has 0 saturated carbocycles. The number of phenolic OH excluding ortho intramolecular Hbond substituents is 1. The summed E-state index contributed by atoms with van der Waals surface area (Å²) in [6.45, 7) is 3.84. The number of fused-ring (bicyclic) bond motifs is 1. The number of hydrogen-bond donors (Lipinski definition) is 5. The number of sulfonamides is 1. The third-order valence-corrected chi connectivity index (χ3v) is 6.48. The largest absolute Gasteiger partial charge is 0.506 e. The molecule has 3 aromatic rings. The standard InChI is InChI=1S/C23H25N5O4S2/c1-2-34(31,32)26-12-4-3-10-21(30)27-18-9-5-8-17(15-18)25-11-6-7-16-13-19(29)22-20(14-16)33-23(24)28-22/h2,5,8-9,13-15,25-26,29H,1,3-4,10-12H2,(H2,24,28)(H,27,30). The van der Waals surface area contributed by atoms with Crippen LogP contribution in [0.2, 0.25) is 0 Å². The topological polar surface area (TPSA) is 146 Å². The molecular weight excluding hydrogens is 474 g/mol. The molecule has 0 unspecified atom stereocenters. The van der Waals surface area contributed by atoms with Gasteiger partial charge in [0.05, 0.1) is 11.2 Å². The van der Waals surface area contributed by atoms with Gasteiger partial charge in [-0.2, -0.15) is 0 Å². The fourth-order valence-electron chi connectivity index (χ4n) is 3.01. The van der Waals surface area contributed by atoms with Crippen LogP contribution in [0.5, 0.6) is 5.75 Å². The average molecular weight is 500 g/mol. The van der Waals surface area contributed by atoms with Gasteiger partial charge in [-0.15, -0.1) is 0 Å². The SMILES string of the molecule is C=CS(=O)(=O)NCCCCC(=O)Nc1cccc(NCC#Cc2cc(O)c3nc(N)sc3c2)c1. The van der Waals surface area contributed by atoms with Crippen molar-refractivity contribution in [2.24, 2.45) is 0 Å². The predicted octanol–water partition coefficient (Wildman–Crippen LogP) is 3.22. The Balaban J connectivity index is 1.46. The highest BCUT2D eigenvalue weighted by Gasteiger charge is 2.07. The summed E-state index contributed by atoms with van der Waals surface area (Å²) in [5.41, 5.74) is 8.26. The molecule has 1 heterocycles. The second-order valence-electron chi connectivity index (χ2n) is 7.24. The summed E-state index contributed by atoms with van der Waals surface area (Å²) in [5, 5.41) is 17.3. The van der Waals surface area contributed by atoms with Crippen LogP contribution in [0.25, 0.3) is 10.2 Å². The average Bonchev–Trinajstić information content (AvgIpc) is 3.17. The minimum atomic E-state index is -3.43. The summed E-state index contributed by atoms with van der Waals surface area (Å²) in [7, 11) is -3.43. The van der Waals surface area contributed by atoms with Crippen molar-refractivity contribution in [3.8, 4) is 17.6 Å². The normalized spacial score (nSPS) is 10.9. The summed E-state index contributed by atoms with van der Waals surface area (Å²) >= 11 is 1.29. The van der Waals surface area contributed by atoms with Crippen molar-refractivity contribution in [3.63, 3.8) is 0 Å². The number of amides is 1. The van der Waals surface area contributed by atoms with Crippen LogP contribution in [0.3, 0.4) is 0 Å². The van der Waals surface area contributed by atoms with Gasteiger partial charge < -0.3 is 21.5 Å². The van der Waals surface area contributed by atoms with E-state index in [4.69, 9.17) is 5.73 Å². The number of rotatable bonds is 10. The lowest BCUT2D eigenvalue weighted by Crippen LogP contribution is -2.22. The monoisotopic (exact) mass is 499 g/mol. The number of nitrogens with one attached hydrogen (secondary N) is 3. The number of benzene rings is 2. The number of carbonyl (C=O) groups excluding carboxylic acids is 1. The van der Waals surface area contributed by atoms with Crippen LogP contribution in [-0.4, -0.2) is 37.5 Å². The predicted molar refractivity (Wildman–Crippen MR) is 137 cm³/mol. The Morgan fingerprint density at radius 2 is 2.03 bits per heavy atom. The van der Waals surface area contributed by atoms with Crippen LogP contribution in [0.15, 0.2) is 48.4 Å². The van der Waals surface area contributed by atoms with Crippen molar-refractivity contribution >= 4 is 54.0 Å². The van der Waals surface area contributed by atoms with E-state index in [2.05, 4.69) is 38.8 Å². The summed E-state index contributed by atoms with van der Waals surface area (Å²) in [6, 6.07) is 10.7. The van der Waals surface area contributed by atoms with E-state index in [-0.39, 0.29) is 24.6 Å². The van der Waals surface area contributed by atoms with E-state index in [1.54, 1.807) is 18.2 Å². The number of aromatic nitrogens is 1. The van der Waals surface area contributed by atoms with Crippen molar-refractivity contribution in [2.45, 2.75) is 19.3 Å². The third kappa shape index (κ3) is 7.48. The highest BCUT2D eigenvalue weighted by Crippen LogP contribution is 2.31. The zero-order valence-electron chi connectivity index (χ0n) is 18.3. The second kappa shape index (κ2) is 11.5. The molecule has 0 aliphatic rings. The first-order valence-electron chi connectivity index (χ1n) is 10.4. The van der Waals surface area contributed by atoms with Gasteiger partial charge in [0.1, 0.15) is 11.3 Å². The van der Waals surface area contributed by atoms with Gasteiger partial charge in [-0.25, -0.2) is 18.1 Å². The number of thiazole rings is 1. The van der Waals surface area contributed by atoms with Crippen molar-refractivity contribution in [1.82, 2.24) is 9.71 Å². The van der Waals surface area contributed by atoms with Crippen molar-refractivity contribution < 1.29 is 18.3 Å². The number of hydrogen-bond acceptors (Lipinski definition) is 8. The van der Waals surface area contributed by atoms with E-state index < -0.39 is 10.0 Å². The molecule has 0 atom stereocenters. The van der Waals surface area contributed by atoms with Crippen LogP contribution >= 0.6 is 11.3 Å². The Bertz CT molecular complexity index is 1360. The van der Waals surface area contributed by atoms with E-state index in [0.29, 0.717) is 41.3 Å². The minimum Gasteiger partial charge on any atom is -0.506 e. The maximum atomic E-state index is 12.1. The van der Waals surface area contributed by atoms with Crippen LogP contribution < -0.4 is 21.1 Å². The molecule has 34 heavy (non-hydrogen) atoms. The molecule has 2 aromatic carbocycles. The number of anilines is 3. The Hall–Kier alpha value is -3.59. The zero-order chi connectivity index (χ0) is 24.6. The van der Waals surface area contributed by atoms with Crippen LogP contribution in [0.4, 0.5) is 16.5 Å². The van der Waals surface area contributed by atoms with Gasteiger partial charge in [0.2, 0.25) is 15.9 Å². The number of phenols is 1. The van der Waals surface area contributed by atoms with Gasteiger partial charge in [0.15, 0.2) is 5.13 Å². The Labute approximate surface area is 202 Å². The molecule has 0 spiro atoms. The van der Waals surface area contributed by atoms with Gasteiger partial charge in [-0.1, -0.05) is 35.8 Å². The molecule has 9 nitrogen and oxygen atoms in total. The molecule has 178 valence electrons. The number of nitrogen functional groups attached to an aromatic ring is 1. The molecular formula is C23H25N5O4S2. The second-order valence-corrected chi connectivity index (χ2v) is 10.0. The van der Waals surface area contributed by atoms with Gasteiger partial charge in [0, 0.05) is 35.3 Å². The maximum Gasteiger partial charge on any atom is 0.233 e. The number of carbonyl (C=O) groups is 1. The molecule has 0 saturated heterocycles. The van der Waals surface area contributed by atoms with Crippen molar-refractivity contribution in [1.29, 1.82) is 0 Å². The molecule has 0 bridgehead atoms. The van der Waals surface area contributed by atoms with E-state index in [1.165, 1.54) is 11.3 Å². The number of aromatic hydroxyl groups is 1. The summed E-state index contributed by atoms with van der Waals surface area (Å²) in [5.74, 6) is 5.90. The van der Waals surface area contributed by atoms with E-state index in [1.807, 2.05) is 18.2 Å². The Morgan fingerprint density at radius 3 is 2.82 bits per heavy atom. The van der Waals surface area contributed by atoms with Gasteiger partial charge >= 0.3 is 0 Å².